The van der Waals surface area contributed by atoms with Gasteiger partial charge in [0.1, 0.15) is 12.4 Å². The highest BCUT2D eigenvalue weighted by atomic mass is 16.6. The number of phenolic OH excluding ortho intramolecular Hbond substituents is 1. The third-order valence-electron chi connectivity index (χ3n) is 4.76. The van der Waals surface area contributed by atoms with Gasteiger partial charge in [0, 0.05) is 30.4 Å². The van der Waals surface area contributed by atoms with Crippen molar-refractivity contribution in [2.45, 2.75) is 20.0 Å². The molecule has 1 aliphatic heterocycles. The predicted octanol–water partition coefficient (Wildman–Crippen LogP) is 1.64. The topological polar surface area (TPSA) is 112 Å². The third-order valence-corrected chi connectivity index (χ3v) is 4.76. The fourth-order valence-electron chi connectivity index (χ4n) is 3.07. The number of ether oxygens (including phenoxy) is 2. The molecule has 1 aliphatic rings. The molecule has 1 heterocycles. The lowest BCUT2D eigenvalue weighted by atomic mass is 10.2. The molecule has 0 aromatic heterocycles. The number of aromatic hydroxyl groups is 1. The SMILES string of the molecule is CCN(CC)c1ccc(/C=N/NC(=O)CNC(=O)C2COc3ccccc3O2)c(O)c1. The molecule has 1 atom stereocenters. The Hall–Kier alpha value is -3.75. The second kappa shape index (κ2) is 10.3. The fourth-order valence-corrected chi connectivity index (χ4v) is 3.07. The number of hydrogen-bond acceptors (Lipinski definition) is 7. The average Bonchev–Trinajstić information content (AvgIpc) is 2.79. The lowest BCUT2D eigenvalue weighted by molar-refractivity contribution is -0.132. The van der Waals surface area contributed by atoms with E-state index in [0.717, 1.165) is 18.8 Å². The van der Waals surface area contributed by atoms with Crippen molar-refractivity contribution in [2.24, 2.45) is 5.10 Å². The minimum Gasteiger partial charge on any atom is -0.507 e. The Morgan fingerprint density at radius 3 is 2.65 bits per heavy atom. The maximum atomic E-state index is 12.2. The third kappa shape index (κ3) is 5.65. The van der Waals surface area contributed by atoms with Crippen LogP contribution in [0.15, 0.2) is 47.6 Å². The molecule has 3 rings (SSSR count). The average molecular weight is 426 g/mol. The highest BCUT2D eigenvalue weighted by Gasteiger charge is 2.27. The maximum absolute atomic E-state index is 12.2. The molecule has 1 unspecified atom stereocenters. The van der Waals surface area contributed by atoms with Crippen molar-refractivity contribution in [3.63, 3.8) is 0 Å². The second-order valence-corrected chi connectivity index (χ2v) is 6.79. The van der Waals surface area contributed by atoms with Crippen LogP contribution in [0.2, 0.25) is 0 Å². The Bertz CT molecular complexity index is 959. The Morgan fingerprint density at radius 2 is 1.94 bits per heavy atom. The van der Waals surface area contributed by atoms with E-state index in [4.69, 9.17) is 9.47 Å². The Labute approximate surface area is 180 Å². The van der Waals surface area contributed by atoms with Gasteiger partial charge in [0.15, 0.2) is 11.5 Å². The fraction of sp³-hybridized carbons (Fsp3) is 0.318. The van der Waals surface area contributed by atoms with Crippen molar-refractivity contribution in [1.29, 1.82) is 0 Å². The van der Waals surface area contributed by atoms with Crippen molar-refractivity contribution < 1.29 is 24.2 Å². The lowest BCUT2D eigenvalue weighted by Crippen LogP contribution is -2.46. The molecule has 0 aliphatic carbocycles. The number of carbonyl (C=O) groups is 2. The van der Waals surface area contributed by atoms with E-state index in [1.165, 1.54) is 6.21 Å². The number of carbonyl (C=O) groups excluding carboxylic acids is 2. The van der Waals surface area contributed by atoms with Crippen LogP contribution in [-0.4, -0.2) is 55.5 Å². The number of para-hydroxylation sites is 2. The van der Waals surface area contributed by atoms with Gasteiger partial charge in [0.2, 0.25) is 6.10 Å². The van der Waals surface area contributed by atoms with Crippen LogP contribution in [0.4, 0.5) is 5.69 Å². The number of fused-ring (bicyclic) bond motifs is 1. The number of nitrogens with zero attached hydrogens (tertiary/aromatic N) is 2. The molecule has 0 fully saturated rings. The van der Waals surface area contributed by atoms with Crippen LogP contribution >= 0.6 is 0 Å². The molecule has 9 heteroatoms. The van der Waals surface area contributed by atoms with E-state index in [1.807, 2.05) is 26.0 Å². The highest BCUT2D eigenvalue weighted by molar-refractivity contribution is 5.89. The molecule has 0 saturated carbocycles. The normalized spacial score (nSPS) is 14.8. The number of nitrogens with one attached hydrogen (secondary N) is 2. The van der Waals surface area contributed by atoms with Crippen LogP contribution in [0.3, 0.4) is 0 Å². The van der Waals surface area contributed by atoms with E-state index in [1.54, 1.807) is 30.3 Å². The van der Waals surface area contributed by atoms with Gasteiger partial charge >= 0.3 is 0 Å². The monoisotopic (exact) mass is 426 g/mol. The maximum Gasteiger partial charge on any atom is 0.265 e. The number of rotatable bonds is 8. The molecule has 2 amide bonds. The van der Waals surface area contributed by atoms with Crippen LogP contribution < -0.4 is 25.1 Å². The first kappa shape index (κ1) is 21.9. The smallest absolute Gasteiger partial charge is 0.265 e. The lowest BCUT2D eigenvalue weighted by Gasteiger charge is -2.25. The summed E-state index contributed by atoms with van der Waals surface area (Å²) in [5.74, 6) is 0.145. The Balaban J connectivity index is 1.46. The molecule has 0 spiro atoms. The molecule has 2 aromatic carbocycles. The van der Waals surface area contributed by atoms with Crippen LogP contribution in [-0.2, 0) is 9.59 Å². The van der Waals surface area contributed by atoms with E-state index in [9.17, 15) is 14.7 Å². The van der Waals surface area contributed by atoms with Gasteiger partial charge < -0.3 is 24.8 Å². The number of phenols is 1. The Morgan fingerprint density at radius 1 is 1.19 bits per heavy atom. The van der Waals surface area contributed by atoms with Crippen molar-refractivity contribution >= 4 is 23.7 Å². The van der Waals surface area contributed by atoms with E-state index < -0.39 is 17.9 Å². The first-order valence-electron chi connectivity index (χ1n) is 10.1. The summed E-state index contributed by atoms with van der Waals surface area (Å²) in [6, 6.07) is 12.3. The molecule has 9 nitrogen and oxygen atoms in total. The number of hydrogen-bond donors (Lipinski definition) is 3. The summed E-state index contributed by atoms with van der Waals surface area (Å²) < 4.78 is 11.1. The molecular weight excluding hydrogens is 400 g/mol. The molecule has 0 radical (unpaired) electrons. The second-order valence-electron chi connectivity index (χ2n) is 6.79. The van der Waals surface area contributed by atoms with Crippen LogP contribution in [0.5, 0.6) is 17.2 Å². The molecule has 0 bridgehead atoms. The van der Waals surface area contributed by atoms with Crippen molar-refractivity contribution in [3.05, 3.63) is 48.0 Å². The number of amides is 2. The molecule has 31 heavy (non-hydrogen) atoms. The summed E-state index contributed by atoms with van der Waals surface area (Å²) in [7, 11) is 0. The van der Waals surface area contributed by atoms with Gasteiger partial charge in [-0.25, -0.2) is 5.43 Å². The van der Waals surface area contributed by atoms with E-state index in [2.05, 4.69) is 20.7 Å². The van der Waals surface area contributed by atoms with Crippen molar-refractivity contribution in [2.75, 3.05) is 31.1 Å². The molecule has 3 N–H and O–H groups in total. The molecule has 2 aromatic rings. The molecule has 164 valence electrons. The van der Waals surface area contributed by atoms with E-state index in [0.29, 0.717) is 17.1 Å². The van der Waals surface area contributed by atoms with Crippen LogP contribution in [0.25, 0.3) is 0 Å². The molecular formula is C22H26N4O5. The van der Waals surface area contributed by atoms with Crippen molar-refractivity contribution in [1.82, 2.24) is 10.7 Å². The van der Waals surface area contributed by atoms with Gasteiger partial charge in [-0.05, 0) is 38.1 Å². The minimum atomic E-state index is -0.840. The first-order valence-corrected chi connectivity index (χ1v) is 10.1. The largest absolute Gasteiger partial charge is 0.507 e. The van der Waals surface area contributed by atoms with Gasteiger partial charge in [0.25, 0.3) is 11.8 Å². The zero-order chi connectivity index (χ0) is 22.2. The summed E-state index contributed by atoms with van der Waals surface area (Å²) in [6.45, 7) is 5.52. The first-order chi connectivity index (χ1) is 15.0. The molecule has 0 saturated heterocycles. The Kier molecular flexibility index (Phi) is 7.31. The number of hydrazone groups is 1. The van der Waals surface area contributed by atoms with E-state index in [-0.39, 0.29) is 18.9 Å². The summed E-state index contributed by atoms with van der Waals surface area (Å²) in [4.78, 5) is 26.3. The quantitative estimate of drug-likeness (QED) is 0.437. The standard InChI is InChI=1S/C22H26N4O5/c1-3-26(4-2)16-10-9-15(17(27)11-16)12-24-25-21(28)13-23-22(29)20-14-30-18-7-5-6-8-19(18)31-20/h5-12,20,27H,3-4,13-14H2,1-2H3,(H,23,29)(H,25,28)/b24-12+. The van der Waals surface area contributed by atoms with Gasteiger partial charge in [-0.3, -0.25) is 9.59 Å². The van der Waals surface area contributed by atoms with Crippen LogP contribution in [0.1, 0.15) is 19.4 Å². The number of benzene rings is 2. The van der Waals surface area contributed by atoms with Gasteiger partial charge in [0.05, 0.1) is 12.8 Å². The summed E-state index contributed by atoms with van der Waals surface area (Å²) in [5, 5.41) is 16.5. The summed E-state index contributed by atoms with van der Waals surface area (Å²) >= 11 is 0. The summed E-state index contributed by atoms with van der Waals surface area (Å²) in [6.07, 6.45) is 0.503. The zero-order valence-corrected chi connectivity index (χ0v) is 17.5. The van der Waals surface area contributed by atoms with Gasteiger partial charge in [-0.15, -0.1) is 0 Å². The van der Waals surface area contributed by atoms with E-state index >= 15 is 0 Å². The van der Waals surface area contributed by atoms with Gasteiger partial charge in [-0.2, -0.15) is 5.10 Å². The van der Waals surface area contributed by atoms with Crippen molar-refractivity contribution in [3.8, 4) is 17.2 Å². The van der Waals surface area contributed by atoms with Gasteiger partial charge in [-0.1, -0.05) is 12.1 Å². The zero-order valence-electron chi connectivity index (χ0n) is 17.5. The summed E-state index contributed by atoms with van der Waals surface area (Å²) in [5.41, 5.74) is 3.68. The highest BCUT2D eigenvalue weighted by Crippen LogP contribution is 2.30. The predicted molar refractivity (Wildman–Crippen MR) is 117 cm³/mol. The van der Waals surface area contributed by atoms with Crippen LogP contribution in [0, 0.1) is 0 Å². The minimum absolute atomic E-state index is 0.0606. The number of anilines is 1.